The lowest BCUT2D eigenvalue weighted by molar-refractivity contribution is 0.774. The van der Waals surface area contributed by atoms with Gasteiger partial charge in [-0.25, -0.2) is 25.8 Å². The van der Waals surface area contributed by atoms with E-state index in [4.69, 9.17) is 5.84 Å². The highest BCUT2D eigenvalue weighted by molar-refractivity contribution is 5.47. The van der Waals surface area contributed by atoms with E-state index in [9.17, 15) is 0 Å². The van der Waals surface area contributed by atoms with Crippen LogP contribution in [0, 0.1) is 0 Å². The number of hydrogen-bond acceptors (Lipinski definition) is 7. The second-order valence-electron chi connectivity index (χ2n) is 4.35. The van der Waals surface area contributed by atoms with Crippen LogP contribution in [0.1, 0.15) is 31.3 Å². The standard InChI is InChI=1S/C12H17N7/c1-8(2)12-17-10(5-11(18-12)19-13)15-6-9-3-4-14-7-16-9/h3-5,7-8H,6,13H2,1-2H3,(H2,15,17,18,19). The third kappa shape index (κ3) is 3.59. The summed E-state index contributed by atoms with van der Waals surface area (Å²) in [6, 6.07) is 3.60. The average molecular weight is 259 g/mol. The largest absolute Gasteiger partial charge is 0.364 e. The maximum Gasteiger partial charge on any atom is 0.145 e. The molecule has 7 nitrogen and oxygen atoms in total. The zero-order valence-electron chi connectivity index (χ0n) is 11.0. The number of hydrogen-bond donors (Lipinski definition) is 3. The second-order valence-corrected chi connectivity index (χ2v) is 4.35. The Morgan fingerprint density at radius 2 is 2.05 bits per heavy atom. The van der Waals surface area contributed by atoms with E-state index in [1.54, 1.807) is 12.3 Å². The van der Waals surface area contributed by atoms with Gasteiger partial charge in [-0.1, -0.05) is 13.8 Å². The third-order valence-electron chi connectivity index (χ3n) is 2.50. The molecule has 2 heterocycles. The summed E-state index contributed by atoms with van der Waals surface area (Å²) in [6.45, 7) is 4.63. The van der Waals surface area contributed by atoms with Gasteiger partial charge in [-0.15, -0.1) is 0 Å². The van der Waals surface area contributed by atoms with Crippen molar-refractivity contribution in [1.82, 2.24) is 19.9 Å². The second kappa shape index (κ2) is 6.05. The molecule has 0 bridgehead atoms. The fourth-order valence-corrected chi connectivity index (χ4v) is 1.49. The minimum absolute atomic E-state index is 0.230. The van der Waals surface area contributed by atoms with Crippen molar-refractivity contribution in [3.05, 3.63) is 36.2 Å². The summed E-state index contributed by atoms with van der Waals surface area (Å²) in [4.78, 5) is 16.7. The predicted octanol–water partition coefficient (Wildman–Crippen LogP) is 1.29. The van der Waals surface area contributed by atoms with Crippen LogP contribution in [-0.4, -0.2) is 19.9 Å². The Bertz CT molecular complexity index is 527. The lowest BCUT2D eigenvalue weighted by Crippen LogP contribution is -2.13. The van der Waals surface area contributed by atoms with Gasteiger partial charge in [0.1, 0.15) is 23.8 Å². The van der Waals surface area contributed by atoms with Crippen molar-refractivity contribution < 1.29 is 0 Å². The predicted molar refractivity (Wildman–Crippen MR) is 73.3 cm³/mol. The number of nitrogens with zero attached hydrogens (tertiary/aromatic N) is 4. The Balaban J connectivity index is 2.13. The quantitative estimate of drug-likeness (QED) is 0.549. The van der Waals surface area contributed by atoms with Crippen molar-refractivity contribution in [2.75, 3.05) is 10.7 Å². The summed E-state index contributed by atoms with van der Waals surface area (Å²) >= 11 is 0. The first-order valence-electron chi connectivity index (χ1n) is 6.03. The van der Waals surface area contributed by atoms with Crippen LogP contribution < -0.4 is 16.6 Å². The van der Waals surface area contributed by atoms with Crippen molar-refractivity contribution >= 4 is 11.6 Å². The van der Waals surface area contributed by atoms with Crippen LogP contribution >= 0.6 is 0 Å². The minimum Gasteiger partial charge on any atom is -0.364 e. The summed E-state index contributed by atoms with van der Waals surface area (Å²) in [5.41, 5.74) is 3.43. The maximum atomic E-state index is 5.41. The maximum absolute atomic E-state index is 5.41. The van der Waals surface area contributed by atoms with Gasteiger partial charge >= 0.3 is 0 Å². The zero-order valence-corrected chi connectivity index (χ0v) is 11.0. The highest BCUT2D eigenvalue weighted by Gasteiger charge is 2.07. The molecule has 0 aliphatic carbocycles. The van der Waals surface area contributed by atoms with Gasteiger partial charge in [0.2, 0.25) is 0 Å². The molecule has 0 fully saturated rings. The Morgan fingerprint density at radius 1 is 1.26 bits per heavy atom. The first-order valence-corrected chi connectivity index (χ1v) is 6.03. The summed E-state index contributed by atoms with van der Waals surface area (Å²) in [5, 5.41) is 3.19. The van der Waals surface area contributed by atoms with Gasteiger partial charge < -0.3 is 10.7 Å². The molecular formula is C12H17N7. The first-order chi connectivity index (χ1) is 9.19. The molecule has 0 radical (unpaired) electrons. The molecule has 0 atom stereocenters. The molecule has 0 aromatic carbocycles. The number of anilines is 2. The van der Waals surface area contributed by atoms with Crippen LogP contribution in [0.2, 0.25) is 0 Å². The van der Waals surface area contributed by atoms with E-state index in [0.717, 1.165) is 11.5 Å². The highest BCUT2D eigenvalue weighted by Crippen LogP contribution is 2.16. The summed E-state index contributed by atoms with van der Waals surface area (Å²) < 4.78 is 0. The lowest BCUT2D eigenvalue weighted by Gasteiger charge is -2.11. The van der Waals surface area contributed by atoms with E-state index in [2.05, 4.69) is 30.7 Å². The lowest BCUT2D eigenvalue weighted by atomic mass is 10.2. The van der Waals surface area contributed by atoms with Gasteiger partial charge in [-0.3, -0.25) is 0 Å². The summed E-state index contributed by atoms with van der Waals surface area (Å²) in [6.07, 6.45) is 3.22. The van der Waals surface area contributed by atoms with Crippen molar-refractivity contribution in [3.63, 3.8) is 0 Å². The van der Waals surface area contributed by atoms with Crippen molar-refractivity contribution in [2.45, 2.75) is 26.3 Å². The molecule has 2 aromatic rings. The van der Waals surface area contributed by atoms with E-state index in [-0.39, 0.29) is 5.92 Å². The number of hydrazine groups is 1. The Morgan fingerprint density at radius 3 is 2.68 bits per heavy atom. The Labute approximate surface area is 111 Å². The van der Waals surface area contributed by atoms with Gasteiger partial charge in [-0.05, 0) is 6.07 Å². The van der Waals surface area contributed by atoms with Gasteiger partial charge in [-0.2, -0.15) is 0 Å². The van der Waals surface area contributed by atoms with Crippen LogP contribution in [0.25, 0.3) is 0 Å². The van der Waals surface area contributed by atoms with E-state index < -0.39 is 0 Å². The molecule has 0 spiro atoms. The van der Waals surface area contributed by atoms with Crippen molar-refractivity contribution in [2.24, 2.45) is 5.84 Å². The first kappa shape index (κ1) is 13.2. The molecule has 4 N–H and O–H groups in total. The van der Waals surface area contributed by atoms with E-state index >= 15 is 0 Å². The molecule has 100 valence electrons. The number of nitrogen functional groups attached to an aromatic ring is 1. The van der Waals surface area contributed by atoms with Crippen LogP contribution in [0.15, 0.2) is 24.7 Å². The normalized spacial score (nSPS) is 10.5. The van der Waals surface area contributed by atoms with Crippen LogP contribution in [0.4, 0.5) is 11.6 Å². The monoisotopic (exact) mass is 259 g/mol. The molecule has 2 rings (SSSR count). The molecule has 0 unspecified atom stereocenters. The Kier molecular flexibility index (Phi) is 4.19. The van der Waals surface area contributed by atoms with Gasteiger partial charge in [0.15, 0.2) is 0 Å². The molecule has 0 saturated heterocycles. The van der Waals surface area contributed by atoms with E-state index in [1.807, 2.05) is 19.9 Å². The zero-order chi connectivity index (χ0) is 13.7. The van der Waals surface area contributed by atoms with Gasteiger partial charge in [0, 0.05) is 18.2 Å². The van der Waals surface area contributed by atoms with E-state index in [0.29, 0.717) is 18.2 Å². The SMILES string of the molecule is CC(C)c1nc(NN)cc(NCc2ccncn2)n1. The van der Waals surface area contributed by atoms with Crippen LogP contribution in [-0.2, 0) is 6.54 Å². The van der Waals surface area contributed by atoms with Crippen LogP contribution in [0.5, 0.6) is 0 Å². The molecule has 19 heavy (non-hydrogen) atoms. The summed E-state index contributed by atoms with van der Waals surface area (Å²) in [7, 11) is 0. The number of rotatable bonds is 5. The van der Waals surface area contributed by atoms with Crippen LogP contribution in [0.3, 0.4) is 0 Å². The minimum atomic E-state index is 0.230. The Hall–Kier alpha value is -2.28. The van der Waals surface area contributed by atoms with Gasteiger partial charge in [0.25, 0.3) is 0 Å². The number of aromatic nitrogens is 4. The fraction of sp³-hybridized carbons (Fsp3) is 0.333. The number of nitrogens with two attached hydrogens (primary N) is 1. The molecule has 0 aliphatic rings. The third-order valence-corrected chi connectivity index (χ3v) is 2.50. The number of nitrogens with one attached hydrogen (secondary N) is 2. The molecule has 0 saturated carbocycles. The smallest absolute Gasteiger partial charge is 0.145 e. The fourth-order valence-electron chi connectivity index (χ4n) is 1.49. The van der Waals surface area contributed by atoms with E-state index in [1.165, 1.54) is 6.33 Å². The molecule has 2 aromatic heterocycles. The molecule has 0 aliphatic heterocycles. The molecule has 7 heteroatoms. The average Bonchev–Trinajstić information content (AvgIpc) is 2.45. The molecule has 0 amide bonds. The van der Waals surface area contributed by atoms with Crippen molar-refractivity contribution in [1.29, 1.82) is 0 Å². The van der Waals surface area contributed by atoms with Crippen molar-refractivity contribution in [3.8, 4) is 0 Å². The molecular weight excluding hydrogens is 242 g/mol. The summed E-state index contributed by atoms with van der Waals surface area (Å²) in [5.74, 6) is 7.67. The van der Waals surface area contributed by atoms with Gasteiger partial charge in [0.05, 0.1) is 12.2 Å². The highest BCUT2D eigenvalue weighted by atomic mass is 15.3. The topological polar surface area (TPSA) is 102 Å².